The molecule has 0 aromatic rings. The van der Waals surface area contributed by atoms with Crippen molar-refractivity contribution in [3.05, 3.63) is 50.6 Å². The van der Waals surface area contributed by atoms with E-state index in [1.165, 1.54) is 0 Å². The molecule has 12 heteroatoms. The summed E-state index contributed by atoms with van der Waals surface area (Å²) in [5, 5.41) is 0. The normalized spacial score (nSPS) is 10.7. The average Bonchev–Trinajstić information content (AvgIpc) is 2.99. The van der Waals surface area contributed by atoms with E-state index in [1.807, 2.05) is 0 Å². The van der Waals surface area contributed by atoms with Crippen molar-refractivity contribution in [2.45, 2.75) is 25.7 Å². The molecule has 0 saturated heterocycles. The molecule has 0 fully saturated rings. The summed E-state index contributed by atoms with van der Waals surface area (Å²) >= 11 is 0. The molecule has 0 aromatic carbocycles. The fourth-order valence-electron chi connectivity index (χ4n) is 2.98. The van der Waals surface area contributed by atoms with Crippen LogP contribution in [0.4, 0.5) is 0 Å². The maximum absolute atomic E-state index is 11.2. The summed E-state index contributed by atoms with van der Waals surface area (Å²) in [6, 6.07) is 0. The van der Waals surface area contributed by atoms with Crippen molar-refractivity contribution in [3.8, 4) is 0 Å². The third-order valence-electron chi connectivity index (χ3n) is 5.01. The van der Waals surface area contributed by atoms with Gasteiger partial charge < -0.3 is 37.9 Å². The SMILES string of the molecule is C=CC(=O)OCCCOCC(COCCCOC(=O)C=C)(COCCCOC(=O)C=C)COCCCOC(=O)C=C. The molecule has 0 aromatic heterocycles. The van der Waals surface area contributed by atoms with E-state index in [-0.39, 0.29) is 52.9 Å². The van der Waals surface area contributed by atoms with Crippen molar-refractivity contribution in [2.24, 2.45) is 5.41 Å². The van der Waals surface area contributed by atoms with Crippen LogP contribution in [0, 0.1) is 5.41 Å². The maximum atomic E-state index is 11.2. The fraction of sp³-hybridized carbons (Fsp3) is 0.586. The van der Waals surface area contributed by atoms with Crippen molar-refractivity contribution >= 4 is 23.9 Å². The summed E-state index contributed by atoms with van der Waals surface area (Å²) in [5.74, 6) is -2.03. The molecule has 0 aliphatic carbocycles. The Morgan fingerprint density at radius 3 is 0.829 bits per heavy atom. The molecule has 0 bridgehead atoms. The minimum Gasteiger partial charge on any atom is -0.462 e. The summed E-state index contributed by atoms with van der Waals surface area (Å²) < 4.78 is 43.4. The van der Waals surface area contributed by atoms with Crippen molar-refractivity contribution in [3.63, 3.8) is 0 Å². The predicted molar refractivity (Wildman–Crippen MR) is 149 cm³/mol. The first kappa shape index (κ1) is 37.7. The number of esters is 4. The Morgan fingerprint density at radius 2 is 0.634 bits per heavy atom. The van der Waals surface area contributed by atoms with E-state index in [0.29, 0.717) is 52.1 Å². The monoisotopic (exact) mass is 584 g/mol. The zero-order valence-corrected chi connectivity index (χ0v) is 23.9. The van der Waals surface area contributed by atoms with Crippen molar-refractivity contribution in [1.82, 2.24) is 0 Å². The van der Waals surface area contributed by atoms with Gasteiger partial charge in [-0.2, -0.15) is 0 Å². The van der Waals surface area contributed by atoms with Gasteiger partial charge in [-0.3, -0.25) is 0 Å². The number of carbonyl (C=O) groups is 4. The van der Waals surface area contributed by atoms with Crippen LogP contribution in [0.5, 0.6) is 0 Å². The van der Waals surface area contributed by atoms with Gasteiger partial charge in [-0.15, -0.1) is 0 Å². The molecule has 232 valence electrons. The zero-order valence-electron chi connectivity index (χ0n) is 23.9. The van der Waals surface area contributed by atoms with Gasteiger partial charge in [-0.05, 0) is 0 Å². The number of hydrogen-bond acceptors (Lipinski definition) is 12. The Hall–Kier alpha value is -3.32. The lowest BCUT2D eigenvalue weighted by Gasteiger charge is -2.33. The van der Waals surface area contributed by atoms with Crippen LogP contribution in [0.25, 0.3) is 0 Å². The summed E-state index contributed by atoms with van der Waals surface area (Å²) in [4.78, 5) is 44.9. The largest absolute Gasteiger partial charge is 0.462 e. The highest BCUT2D eigenvalue weighted by Crippen LogP contribution is 2.21. The van der Waals surface area contributed by atoms with Gasteiger partial charge in [0, 0.05) is 76.4 Å². The summed E-state index contributed by atoms with van der Waals surface area (Å²) in [7, 11) is 0. The van der Waals surface area contributed by atoms with Crippen molar-refractivity contribution in [1.29, 1.82) is 0 Å². The molecule has 0 radical (unpaired) electrons. The van der Waals surface area contributed by atoms with Gasteiger partial charge in [0.15, 0.2) is 0 Å². The number of carbonyl (C=O) groups excluding carboxylic acids is 4. The lowest BCUT2D eigenvalue weighted by Crippen LogP contribution is -2.42. The van der Waals surface area contributed by atoms with Crippen LogP contribution in [0.2, 0.25) is 0 Å². The van der Waals surface area contributed by atoms with Crippen LogP contribution in [0.3, 0.4) is 0 Å². The zero-order chi connectivity index (χ0) is 30.6. The molecular formula is C29H44O12. The Balaban J connectivity index is 5.08. The second kappa shape index (κ2) is 25.6. The van der Waals surface area contributed by atoms with Gasteiger partial charge in [0.25, 0.3) is 0 Å². The predicted octanol–water partition coefficient (Wildman–Crippen LogP) is 2.52. The first-order valence-electron chi connectivity index (χ1n) is 13.3. The van der Waals surface area contributed by atoms with E-state index >= 15 is 0 Å². The minimum atomic E-state index is -0.731. The molecule has 12 nitrogen and oxygen atoms in total. The van der Waals surface area contributed by atoms with Crippen molar-refractivity contribution < 1.29 is 57.1 Å². The smallest absolute Gasteiger partial charge is 0.330 e. The molecule has 0 unspecified atom stereocenters. The molecule has 0 aliphatic heterocycles. The first-order valence-corrected chi connectivity index (χ1v) is 13.3. The van der Waals surface area contributed by atoms with E-state index in [0.717, 1.165) is 24.3 Å². The summed E-state index contributed by atoms with van der Waals surface area (Å²) in [6.45, 7) is 16.1. The van der Waals surface area contributed by atoms with E-state index in [1.54, 1.807) is 0 Å². The standard InChI is InChI=1S/C29H44O12/c1-5-25(30)38-17-9-13-34-21-29(22-35-14-10-18-39-26(31)6-2,23-36-15-11-19-40-27(32)7-3)24-37-16-12-20-41-28(33)8-4/h5-8H,1-4,9-24H2. The molecular weight excluding hydrogens is 540 g/mol. The molecule has 41 heavy (non-hydrogen) atoms. The third-order valence-corrected chi connectivity index (χ3v) is 5.01. The topological polar surface area (TPSA) is 142 Å². The Morgan fingerprint density at radius 1 is 0.415 bits per heavy atom. The van der Waals surface area contributed by atoms with Crippen LogP contribution in [0.1, 0.15) is 25.7 Å². The number of ether oxygens (including phenoxy) is 8. The summed E-state index contributed by atoms with van der Waals surface area (Å²) in [5.41, 5.74) is -0.731. The summed E-state index contributed by atoms with van der Waals surface area (Å²) in [6.07, 6.45) is 6.23. The van der Waals surface area contributed by atoms with Crippen LogP contribution in [-0.4, -0.2) is 103 Å². The molecule has 0 rings (SSSR count). The van der Waals surface area contributed by atoms with Gasteiger partial charge in [-0.25, -0.2) is 19.2 Å². The Labute approximate surface area is 242 Å². The van der Waals surface area contributed by atoms with Gasteiger partial charge in [0.1, 0.15) is 0 Å². The Kier molecular flexibility index (Phi) is 23.6. The lowest BCUT2D eigenvalue weighted by atomic mass is 9.92. The van der Waals surface area contributed by atoms with E-state index in [9.17, 15) is 19.2 Å². The highest BCUT2D eigenvalue weighted by molar-refractivity contribution is 5.82. The molecule has 0 saturated carbocycles. The minimum absolute atomic E-state index is 0.178. The van der Waals surface area contributed by atoms with Gasteiger partial charge in [0.2, 0.25) is 0 Å². The third kappa shape index (κ3) is 22.1. The highest BCUT2D eigenvalue weighted by atomic mass is 16.6. The van der Waals surface area contributed by atoms with Gasteiger partial charge in [-0.1, -0.05) is 26.3 Å². The molecule has 0 aliphatic rings. The van der Waals surface area contributed by atoms with Crippen LogP contribution in [0.15, 0.2) is 50.6 Å². The van der Waals surface area contributed by atoms with E-state index in [4.69, 9.17) is 37.9 Å². The maximum Gasteiger partial charge on any atom is 0.330 e. The first-order chi connectivity index (χ1) is 19.8. The quantitative estimate of drug-likeness (QED) is 0.0577. The van der Waals surface area contributed by atoms with Gasteiger partial charge in [0.05, 0.1) is 58.3 Å². The second-order valence-electron chi connectivity index (χ2n) is 8.61. The molecule has 0 spiro atoms. The molecule has 0 amide bonds. The van der Waals surface area contributed by atoms with Gasteiger partial charge >= 0.3 is 23.9 Å². The molecule has 0 heterocycles. The second-order valence-corrected chi connectivity index (χ2v) is 8.61. The van der Waals surface area contributed by atoms with E-state index < -0.39 is 29.3 Å². The Bertz CT molecular complexity index is 674. The van der Waals surface area contributed by atoms with Crippen LogP contribution < -0.4 is 0 Å². The fourth-order valence-corrected chi connectivity index (χ4v) is 2.98. The van der Waals surface area contributed by atoms with E-state index in [2.05, 4.69) is 26.3 Å². The van der Waals surface area contributed by atoms with Crippen molar-refractivity contribution in [2.75, 3.05) is 79.3 Å². The molecule has 0 atom stereocenters. The highest BCUT2D eigenvalue weighted by Gasteiger charge is 2.32. The van der Waals surface area contributed by atoms with Crippen LogP contribution in [-0.2, 0) is 57.1 Å². The number of hydrogen-bond donors (Lipinski definition) is 0. The number of rotatable bonds is 28. The average molecular weight is 585 g/mol. The van der Waals surface area contributed by atoms with Crippen LogP contribution >= 0.6 is 0 Å². The lowest BCUT2D eigenvalue weighted by molar-refractivity contribution is -0.139. The molecule has 0 N–H and O–H groups in total.